The Balaban J connectivity index is 2.05. The summed E-state index contributed by atoms with van der Waals surface area (Å²) in [5, 5.41) is 3.40. The molecule has 0 atom stereocenters. The van der Waals surface area contributed by atoms with Gasteiger partial charge in [-0.05, 0) is 0 Å². The molecule has 0 spiro atoms. The van der Waals surface area contributed by atoms with Crippen LogP contribution in [0, 0.1) is 12.3 Å². The number of allylic oxidation sites excluding steroid dienone is 4. The Morgan fingerprint density at radius 1 is 1.13 bits per heavy atom. The van der Waals surface area contributed by atoms with E-state index in [1.54, 1.807) is 4.09 Å². The summed E-state index contributed by atoms with van der Waals surface area (Å²) in [5.41, 5.74) is 7.12. The van der Waals surface area contributed by atoms with Crippen LogP contribution in [-0.2, 0) is 17.7 Å². The molecule has 1 aromatic rings. The van der Waals surface area contributed by atoms with Crippen molar-refractivity contribution in [1.29, 1.82) is 0 Å². The van der Waals surface area contributed by atoms with E-state index in [0.717, 1.165) is 24.6 Å². The number of pyridine rings is 1. The second-order valence-corrected chi connectivity index (χ2v) is 9.79. The van der Waals surface area contributed by atoms with Crippen LogP contribution in [0.4, 0.5) is 0 Å². The molecule has 4 heteroatoms. The maximum absolute atomic E-state index is 4.68. The van der Waals surface area contributed by atoms with Crippen LogP contribution in [0.15, 0.2) is 38.1 Å². The van der Waals surface area contributed by atoms with Crippen LogP contribution in [0.5, 0.6) is 0 Å². The number of aliphatic imine (C=N–C) groups is 1. The summed E-state index contributed by atoms with van der Waals surface area (Å²) in [7, 11) is 0. The van der Waals surface area contributed by atoms with Crippen LogP contribution < -0.4 is 9.39 Å². The quantitative estimate of drug-likeness (QED) is 0.712. The zero-order chi connectivity index (χ0) is 16.8. The number of nitrogens with one attached hydrogen (secondary N) is 1. The van der Waals surface area contributed by atoms with E-state index in [4.69, 9.17) is 0 Å². The van der Waals surface area contributed by atoms with Crippen molar-refractivity contribution in [1.82, 2.24) is 10.3 Å². The zero-order valence-corrected chi connectivity index (χ0v) is 17.2. The fourth-order valence-corrected chi connectivity index (χ4v) is 7.22. The van der Waals surface area contributed by atoms with Crippen LogP contribution in [-0.4, -0.2) is 23.9 Å². The molecule has 1 N–H and O–H groups in total. The third-order valence-corrected chi connectivity index (χ3v) is 10.1. The number of nitrogens with zero attached hydrogens (tertiary/aromatic N) is 2. The van der Waals surface area contributed by atoms with Gasteiger partial charge in [0.1, 0.15) is 0 Å². The predicted molar refractivity (Wildman–Crippen MR) is 92.9 cm³/mol. The molecule has 23 heavy (non-hydrogen) atoms. The second kappa shape index (κ2) is 5.99. The molecule has 1 aliphatic heterocycles. The standard InChI is InChI=1S/C10H15.C9H10N3.Ir/c1-7-6-10(4,5)9(3)8(7)2;1-7-2-3-10-8(6-7)9-11-4-5-12-9;/h1-5H3;2-3H,4-5H2,1H3,(H,11,12);. The number of hydrogen-bond acceptors (Lipinski definition) is 3. The Labute approximate surface area is 147 Å². The van der Waals surface area contributed by atoms with Crippen molar-refractivity contribution < 1.29 is 17.7 Å². The predicted octanol–water partition coefficient (Wildman–Crippen LogP) is 3.10. The molecule has 0 fully saturated rings. The summed E-state index contributed by atoms with van der Waals surface area (Å²) in [6, 6.07) is 2.14. The molecule has 1 aromatic heterocycles. The number of aryl methyl sites for hydroxylation is 1. The van der Waals surface area contributed by atoms with Gasteiger partial charge in [-0.2, -0.15) is 0 Å². The van der Waals surface area contributed by atoms with Crippen molar-refractivity contribution >= 4 is 9.91 Å². The van der Waals surface area contributed by atoms with Crippen molar-refractivity contribution in [3.8, 4) is 0 Å². The minimum atomic E-state index is -0.434. The summed E-state index contributed by atoms with van der Waals surface area (Å²) in [4.78, 5) is 9.28. The van der Waals surface area contributed by atoms with Gasteiger partial charge in [0.15, 0.2) is 0 Å². The molecule has 2 heterocycles. The Kier molecular flexibility index (Phi) is 4.33. The molecule has 125 valence electrons. The van der Waals surface area contributed by atoms with E-state index in [2.05, 4.69) is 62.9 Å². The van der Waals surface area contributed by atoms with Gasteiger partial charge in [-0.25, -0.2) is 0 Å². The maximum atomic E-state index is 4.68. The van der Waals surface area contributed by atoms with Crippen molar-refractivity contribution in [2.45, 2.75) is 41.5 Å². The van der Waals surface area contributed by atoms with Gasteiger partial charge in [-0.15, -0.1) is 0 Å². The summed E-state index contributed by atoms with van der Waals surface area (Å²) >= 11 is -0.434. The molecular formula is C19H25IrN3. The van der Waals surface area contributed by atoms with Crippen molar-refractivity contribution in [2.75, 3.05) is 13.1 Å². The molecule has 0 amide bonds. The van der Waals surface area contributed by atoms with Gasteiger partial charge in [0, 0.05) is 0 Å². The molecule has 0 radical (unpaired) electrons. The zero-order valence-electron chi connectivity index (χ0n) is 14.8. The van der Waals surface area contributed by atoms with Crippen molar-refractivity contribution in [2.24, 2.45) is 10.4 Å². The molecule has 0 saturated carbocycles. The first-order valence-corrected chi connectivity index (χ1v) is 10.5. The van der Waals surface area contributed by atoms with Crippen LogP contribution in [0.1, 0.15) is 45.9 Å². The van der Waals surface area contributed by atoms with Crippen LogP contribution >= 0.6 is 0 Å². The van der Waals surface area contributed by atoms with Crippen LogP contribution in [0.25, 0.3) is 0 Å². The average molecular weight is 488 g/mol. The third-order valence-electron chi connectivity index (χ3n) is 5.02. The molecule has 0 unspecified atom stereocenters. The first-order chi connectivity index (χ1) is 10.8. The topological polar surface area (TPSA) is 37.3 Å². The Morgan fingerprint density at radius 2 is 1.87 bits per heavy atom. The Hall–Kier alpha value is -1.25. The van der Waals surface area contributed by atoms with E-state index in [-0.39, 0.29) is 5.41 Å². The number of rotatable bonds is 3. The van der Waals surface area contributed by atoms with E-state index >= 15 is 0 Å². The van der Waals surface area contributed by atoms with Crippen LogP contribution in [0.2, 0.25) is 0 Å². The molecule has 1 aliphatic carbocycles. The van der Waals surface area contributed by atoms with Gasteiger partial charge in [0.25, 0.3) is 0 Å². The number of amidine groups is 1. The molecule has 3 nitrogen and oxygen atoms in total. The fraction of sp³-hybridized carbons (Fsp3) is 0.474. The molecular weight excluding hydrogens is 462 g/mol. The van der Waals surface area contributed by atoms with Gasteiger partial charge in [0.2, 0.25) is 0 Å². The number of hydrogen-bond donors (Lipinski definition) is 1. The third kappa shape index (κ3) is 2.72. The first-order valence-electron chi connectivity index (χ1n) is 8.08. The minimum absolute atomic E-state index is 0.179. The normalized spacial score (nSPS) is 20.3. The molecule has 3 rings (SSSR count). The Bertz CT molecular complexity index is 754. The van der Waals surface area contributed by atoms with E-state index in [1.807, 2.05) is 6.20 Å². The van der Waals surface area contributed by atoms with Crippen molar-refractivity contribution in [3.05, 3.63) is 44.3 Å². The van der Waals surface area contributed by atoms with Gasteiger partial charge in [-0.3, -0.25) is 0 Å². The van der Waals surface area contributed by atoms with Crippen LogP contribution in [0.3, 0.4) is 0 Å². The Morgan fingerprint density at radius 3 is 2.43 bits per heavy atom. The molecule has 2 aliphatic rings. The average Bonchev–Trinajstić information content (AvgIpc) is 3.09. The molecule has 0 aromatic carbocycles. The monoisotopic (exact) mass is 488 g/mol. The van der Waals surface area contributed by atoms with Crippen molar-refractivity contribution in [3.63, 3.8) is 0 Å². The van der Waals surface area contributed by atoms with Gasteiger partial charge < -0.3 is 0 Å². The molecule has 0 bridgehead atoms. The van der Waals surface area contributed by atoms with Gasteiger partial charge in [-0.1, -0.05) is 0 Å². The van der Waals surface area contributed by atoms with E-state index in [0.29, 0.717) is 0 Å². The summed E-state index contributed by atoms with van der Waals surface area (Å²) < 4.78 is 3.08. The van der Waals surface area contributed by atoms with E-state index in [9.17, 15) is 0 Å². The molecule has 0 saturated heterocycles. The van der Waals surface area contributed by atoms with E-state index < -0.39 is 17.7 Å². The van der Waals surface area contributed by atoms with Gasteiger partial charge >= 0.3 is 147 Å². The number of aromatic nitrogens is 1. The summed E-state index contributed by atoms with van der Waals surface area (Å²) in [6.45, 7) is 15.6. The van der Waals surface area contributed by atoms with Gasteiger partial charge in [0.05, 0.1) is 0 Å². The SMILES string of the molecule is CC1=C(C)C(C)(C)[C]([Ir][c]2c(C)ccnc2C2=NCCN2)=C1C. The first kappa shape index (κ1) is 16.6. The second-order valence-electron chi connectivity index (χ2n) is 6.80. The van der Waals surface area contributed by atoms with E-state index in [1.165, 1.54) is 26.4 Å². The summed E-state index contributed by atoms with van der Waals surface area (Å²) in [5.74, 6) is 0.989. The fourth-order valence-electron chi connectivity index (χ4n) is 3.14. The summed E-state index contributed by atoms with van der Waals surface area (Å²) in [6.07, 6.45) is 1.92.